The van der Waals surface area contributed by atoms with Crippen molar-refractivity contribution in [2.45, 2.75) is 52.2 Å². The molecule has 0 bridgehead atoms. The molecule has 6 nitrogen and oxygen atoms in total. The van der Waals surface area contributed by atoms with Crippen molar-refractivity contribution in [2.75, 3.05) is 12.4 Å². The number of carbonyl (C=O) groups excluding carboxylic acids is 1. The molecule has 0 saturated heterocycles. The number of aryl methyl sites for hydroxylation is 1. The number of ether oxygens (including phenoxy) is 1. The van der Waals surface area contributed by atoms with Crippen LogP contribution in [0.1, 0.15) is 39.1 Å². The summed E-state index contributed by atoms with van der Waals surface area (Å²) in [5, 5.41) is 14.8. The average molecular weight is 286 g/mol. The number of nitrogens with one attached hydrogen (secondary N) is 2. The summed E-state index contributed by atoms with van der Waals surface area (Å²) in [7, 11) is 1.67. The van der Waals surface area contributed by atoms with Gasteiger partial charge in [-0.2, -0.15) is 0 Å². The smallest absolute Gasteiger partial charge is 0.321 e. The minimum Gasteiger partial charge on any atom is -0.379 e. The number of anilines is 1. The van der Waals surface area contributed by atoms with Crippen LogP contribution in [-0.2, 0) is 11.2 Å². The van der Waals surface area contributed by atoms with Crippen molar-refractivity contribution in [3.05, 3.63) is 5.01 Å². The van der Waals surface area contributed by atoms with E-state index in [1.165, 1.54) is 11.3 Å². The van der Waals surface area contributed by atoms with Crippen molar-refractivity contribution >= 4 is 22.5 Å². The minimum absolute atomic E-state index is 0.00789. The lowest BCUT2D eigenvalue weighted by atomic mass is 10.00. The van der Waals surface area contributed by atoms with Gasteiger partial charge in [-0.25, -0.2) is 4.79 Å². The molecule has 0 aromatic carbocycles. The van der Waals surface area contributed by atoms with E-state index in [1.54, 1.807) is 7.11 Å². The second-order valence-electron chi connectivity index (χ2n) is 5.02. The van der Waals surface area contributed by atoms with Gasteiger partial charge in [-0.3, -0.25) is 5.32 Å². The molecule has 0 unspecified atom stereocenters. The molecule has 7 heteroatoms. The summed E-state index contributed by atoms with van der Waals surface area (Å²) in [6.07, 6.45) is 1.55. The lowest BCUT2D eigenvalue weighted by molar-refractivity contribution is 0.00963. The first kappa shape index (κ1) is 15.8. The van der Waals surface area contributed by atoms with Gasteiger partial charge in [-0.15, -0.1) is 10.2 Å². The van der Waals surface area contributed by atoms with Crippen molar-refractivity contribution < 1.29 is 9.53 Å². The molecule has 2 N–H and O–H groups in total. The third-order valence-corrected chi connectivity index (χ3v) is 3.70. The quantitative estimate of drug-likeness (QED) is 0.842. The summed E-state index contributed by atoms with van der Waals surface area (Å²) in [5.74, 6) is 0. The molecular formula is C12H22N4O2S. The van der Waals surface area contributed by atoms with Crippen LogP contribution in [0.4, 0.5) is 9.93 Å². The molecule has 0 spiro atoms. The van der Waals surface area contributed by atoms with Gasteiger partial charge in [0.05, 0.1) is 5.60 Å². The van der Waals surface area contributed by atoms with Crippen LogP contribution in [0.15, 0.2) is 0 Å². The van der Waals surface area contributed by atoms with E-state index < -0.39 is 0 Å². The molecule has 19 heavy (non-hydrogen) atoms. The molecule has 1 rings (SSSR count). The largest absolute Gasteiger partial charge is 0.379 e. The summed E-state index contributed by atoms with van der Waals surface area (Å²) < 4.78 is 5.33. The second kappa shape index (κ2) is 6.81. The van der Waals surface area contributed by atoms with Crippen molar-refractivity contribution in [1.82, 2.24) is 15.5 Å². The molecule has 2 amide bonds. The highest BCUT2D eigenvalue weighted by Gasteiger charge is 2.21. The Bertz CT molecular complexity index is 420. The number of hydrogen-bond acceptors (Lipinski definition) is 5. The normalized spacial score (nSPS) is 13.1. The Balaban J connectivity index is 2.42. The Kier molecular flexibility index (Phi) is 5.68. The topological polar surface area (TPSA) is 76.1 Å². The summed E-state index contributed by atoms with van der Waals surface area (Å²) in [6.45, 7) is 7.92. The van der Waals surface area contributed by atoms with Crippen LogP contribution in [0, 0.1) is 0 Å². The summed E-state index contributed by atoms with van der Waals surface area (Å²) >= 11 is 1.39. The van der Waals surface area contributed by atoms with Gasteiger partial charge in [-0.05, 0) is 33.6 Å². The first-order valence-corrected chi connectivity index (χ1v) is 7.13. The molecule has 0 saturated carbocycles. The van der Waals surface area contributed by atoms with Crippen LogP contribution in [0.2, 0.25) is 0 Å². The molecule has 1 atom stereocenters. The molecular weight excluding hydrogens is 264 g/mol. The van der Waals surface area contributed by atoms with Gasteiger partial charge in [0.25, 0.3) is 0 Å². The first-order valence-electron chi connectivity index (χ1n) is 6.31. The van der Waals surface area contributed by atoms with Gasteiger partial charge < -0.3 is 10.1 Å². The molecule has 1 heterocycles. The minimum atomic E-state index is -0.266. The number of amides is 2. The predicted octanol–water partition coefficient (Wildman–Crippen LogP) is 2.43. The third-order valence-electron chi connectivity index (χ3n) is 2.72. The van der Waals surface area contributed by atoms with Gasteiger partial charge in [0.15, 0.2) is 0 Å². The molecule has 108 valence electrons. The van der Waals surface area contributed by atoms with Crippen molar-refractivity contribution in [3.63, 3.8) is 0 Å². The molecule has 1 aromatic rings. The van der Waals surface area contributed by atoms with E-state index in [4.69, 9.17) is 4.74 Å². The van der Waals surface area contributed by atoms with Gasteiger partial charge in [-0.1, -0.05) is 18.3 Å². The first-order chi connectivity index (χ1) is 8.86. The fourth-order valence-corrected chi connectivity index (χ4v) is 2.35. The lowest BCUT2D eigenvalue weighted by Crippen LogP contribution is -2.40. The van der Waals surface area contributed by atoms with Crippen molar-refractivity contribution in [1.29, 1.82) is 0 Å². The molecule has 0 aliphatic heterocycles. The van der Waals surface area contributed by atoms with E-state index in [0.717, 1.165) is 17.8 Å². The van der Waals surface area contributed by atoms with Gasteiger partial charge >= 0.3 is 6.03 Å². The SMILES string of the molecule is CCc1nnc(NC(=O)N[C@@H](C)CC(C)(C)OC)s1. The summed E-state index contributed by atoms with van der Waals surface area (Å²) in [5.41, 5.74) is -0.259. The number of rotatable bonds is 6. The van der Waals surface area contributed by atoms with E-state index in [-0.39, 0.29) is 17.7 Å². The number of urea groups is 1. The van der Waals surface area contributed by atoms with E-state index >= 15 is 0 Å². The molecule has 0 aliphatic rings. The Morgan fingerprint density at radius 1 is 1.47 bits per heavy atom. The van der Waals surface area contributed by atoms with Crippen LogP contribution in [0.3, 0.4) is 0 Å². The van der Waals surface area contributed by atoms with Crippen molar-refractivity contribution in [2.24, 2.45) is 0 Å². The number of methoxy groups -OCH3 is 1. The third kappa shape index (κ3) is 5.52. The zero-order valence-corrected chi connectivity index (χ0v) is 12.9. The highest BCUT2D eigenvalue weighted by atomic mass is 32.1. The standard InChI is InChI=1S/C12H22N4O2S/c1-6-9-15-16-11(19-9)14-10(17)13-8(2)7-12(3,4)18-5/h8H,6-7H2,1-5H3,(H2,13,14,16,17)/t8-/m0/s1. The maximum Gasteiger partial charge on any atom is 0.321 e. The maximum absolute atomic E-state index is 11.8. The predicted molar refractivity (Wildman–Crippen MR) is 76.6 cm³/mol. The maximum atomic E-state index is 11.8. The lowest BCUT2D eigenvalue weighted by Gasteiger charge is -2.26. The van der Waals surface area contributed by atoms with E-state index in [1.807, 2.05) is 27.7 Å². The van der Waals surface area contributed by atoms with Gasteiger partial charge in [0.2, 0.25) is 5.13 Å². The van der Waals surface area contributed by atoms with Crippen LogP contribution >= 0.6 is 11.3 Å². The van der Waals surface area contributed by atoms with Crippen LogP contribution < -0.4 is 10.6 Å². The van der Waals surface area contributed by atoms with E-state index in [0.29, 0.717) is 5.13 Å². The number of carbonyl (C=O) groups is 1. The Morgan fingerprint density at radius 3 is 2.68 bits per heavy atom. The van der Waals surface area contributed by atoms with E-state index in [9.17, 15) is 4.79 Å². The number of nitrogens with zero attached hydrogens (tertiary/aromatic N) is 2. The van der Waals surface area contributed by atoms with Crippen LogP contribution in [0.5, 0.6) is 0 Å². The zero-order valence-electron chi connectivity index (χ0n) is 12.1. The van der Waals surface area contributed by atoms with Crippen molar-refractivity contribution in [3.8, 4) is 0 Å². The van der Waals surface area contributed by atoms with Crippen LogP contribution in [0.25, 0.3) is 0 Å². The molecule has 0 radical (unpaired) electrons. The summed E-state index contributed by atoms with van der Waals surface area (Å²) in [4.78, 5) is 11.8. The van der Waals surface area contributed by atoms with Crippen LogP contribution in [-0.4, -0.2) is 35.0 Å². The highest BCUT2D eigenvalue weighted by Crippen LogP contribution is 2.17. The van der Waals surface area contributed by atoms with Gasteiger partial charge in [0.1, 0.15) is 5.01 Å². The van der Waals surface area contributed by atoms with Gasteiger partial charge in [0, 0.05) is 13.2 Å². The molecule has 0 fully saturated rings. The summed E-state index contributed by atoms with van der Waals surface area (Å²) in [6, 6.07) is -0.258. The molecule has 0 aliphatic carbocycles. The van der Waals surface area contributed by atoms with E-state index in [2.05, 4.69) is 20.8 Å². The fourth-order valence-electron chi connectivity index (χ4n) is 1.68. The Hall–Kier alpha value is -1.21. The number of aromatic nitrogens is 2. The Morgan fingerprint density at radius 2 is 2.16 bits per heavy atom. The molecule has 1 aromatic heterocycles. The number of hydrogen-bond donors (Lipinski definition) is 2. The fraction of sp³-hybridized carbons (Fsp3) is 0.750. The zero-order chi connectivity index (χ0) is 14.5. The Labute approximate surface area is 118 Å². The monoisotopic (exact) mass is 286 g/mol. The average Bonchev–Trinajstić information content (AvgIpc) is 2.75. The highest BCUT2D eigenvalue weighted by molar-refractivity contribution is 7.15. The second-order valence-corrected chi connectivity index (χ2v) is 6.08.